The average Bonchev–Trinajstić information content (AvgIpc) is 2.85. The van der Waals surface area contributed by atoms with Gasteiger partial charge in [0.2, 0.25) is 11.8 Å². The minimum Gasteiger partial charge on any atom is -0.480 e. The Hall–Kier alpha value is -3.80. The van der Waals surface area contributed by atoms with Gasteiger partial charge in [-0.05, 0) is 11.1 Å². The van der Waals surface area contributed by atoms with Crippen LogP contribution in [-0.4, -0.2) is 34.2 Å². The van der Waals surface area contributed by atoms with Gasteiger partial charge in [0.15, 0.2) is 0 Å². The highest BCUT2D eigenvalue weighted by molar-refractivity contribution is 5.45. The smallest absolute Gasteiger partial charge is 0.232 e. The van der Waals surface area contributed by atoms with Crippen LogP contribution in [0, 0.1) is 0 Å². The largest absolute Gasteiger partial charge is 0.480 e. The first-order valence-corrected chi connectivity index (χ1v) is 10.6. The van der Waals surface area contributed by atoms with Crippen molar-refractivity contribution in [2.24, 2.45) is 0 Å². The van der Waals surface area contributed by atoms with Crippen LogP contribution in [0.2, 0.25) is 0 Å². The minimum absolute atomic E-state index is 0.111. The Kier molecular flexibility index (Phi) is 5.50. The molecule has 0 N–H and O–H groups in total. The van der Waals surface area contributed by atoms with Gasteiger partial charge in [-0.2, -0.15) is 0 Å². The van der Waals surface area contributed by atoms with E-state index in [-0.39, 0.29) is 23.7 Å². The van der Waals surface area contributed by atoms with Crippen molar-refractivity contribution >= 4 is 0 Å². The van der Waals surface area contributed by atoms with Crippen LogP contribution in [0.25, 0.3) is 0 Å². The van der Waals surface area contributed by atoms with Crippen LogP contribution in [0.1, 0.15) is 46.2 Å². The summed E-state index contributed by atoms with van der Waals surface area (Å²) >= 11 is 0. The first-order chi connectivity index (χ1) is 15.8. The molecule has 1 aliphatic rings. The molecule has 2 aromatic heterocycles. The van der Waals surface area contributed by atoms with E-state index in [4.69, 9.17) is 19.4 Å². The van der Waals surface area contributed by atoms with E-state index in [0.29, 0.717) is 11.8 Å². The number of aromatic nitrogens is 4. The lowest BCUT2D eigenvalue weighted by Crippen LogP contribution is -2.41. The summed E-state index contributed by atoms with van der Waals surface area (Å²) in [5.41, 5.74) is 4.31. The highest BCUT2D eigenvalue weighted by Gasteiger charge is 2.54. The van der Waals surface area contributed by atoms with E-state index in [1.54, 1.807) is 26.6 Å². The molecule has 160 valence electrons. The van der Waals surface area contributed by atoms with Crippen molar-refractivity contribution in [3.05, 3.63) is 108 Å². The lowest BCUT2D eigenvalue weighted by molar-refractivity contribution is 0.216. The summed E-state index contributed by atoms with van der Waals surface area (Å²) in [5, 5.41) is 0. The van der Waals surface area contributed by atoms with Gasteiger partial charge in [0.1, 0.15) is 0 Å². The molecule has 1 fully saturated rings. The molecule has 0 saturated heterocycles. The first-order valence-electron chi connectivity index (χ1n) is 10.6. The molecule has 0 radical (unpaired) electrons. The van der Waals surface area contributed by atoms with Gasteiger partial charge in [0.05, 0.1) is 38.0 Å². The number of ether oxygens (including phenoxy) is 2. The summed E-state index contributed by atoms with van der Waals surface area (Å²) in [6.45, 7) is 0. The molecule has 6 nitrogen and oxygen atoms in total. The molecule has 0 aliphatic heterocycles. The maximum atomic E-state index is 5.38. The topological polar surface area (TPSA) is 70.0 Å². The van der Waals surface area contributed by atoms with E-state index in [0.717, 1.165) is 11.4 Å². The Morgan fingerprint density at radius 1 is 0.531 bits per heavy atom. The highest BCUT2D eigenvalue weighted by Crippen LogP contribution is 2.65. The Bertz CT molecular complexity index is 1080. The van der Waals surface area contributed by atoms with Gasteiger partial charge < -0.3 is 9.47 Å². The van der Waals surface area contributed by atoms with Crippen LogP contribution in [0.3, 0.4) is 0 Å². The van der Waals surface area contributed by atoms with Crippen molar-refractivity contribution in [3.8, 4) is 11.8 Å². The molecule has 1 saturated carbocycles. The fraction of sp³-hybridized carbons (Fsp3) is 0.231. The third kappa shape index (κ3) is 3.58. The van der Waals surface area contributed by atoms with Gasteiger partial charge in [-0.3, -0.25) is 9.97 Å². The standard InChI is InChI=1S/C26H24N4O2/c1-31-21-15-27-13-19(29-21)25-23(17-9-5-3-6-10-17)26(20-14-28-16-22(30-20)32-2)24(25)18-11-7-4-8-12-18/h3-16,23-26H,1-2H3/t23-,24-,25-,26+. The molecule has 0 atom stereocenters. The molecule has 6 heteroatoms. The zero-order chi connectivity index (χ0) is 21.9. The number of hydrogen-bond donors (Lipinski definition) is 0. The number of rotatable bonds is 6. The van der Waals surface area contributed by atoms with Gasteiger partial charge in [-0.15, -0.1) is 0 Å². The zero-order valence-corrected chi connectivity index (χ0v) is 18.0. The predicted octanol–water partition coefficient (Wildman–Crippen LogP) is 4.73. The van der Waals surface area contributed by atoms with Crippen LogP contribution >= 0.6 is 0 Å². The second kappa shape index (κ2) is 8.75. The van der Waals surface area contributed by atoms with Crippen molar-refractivity contribution in [2.45, 2.75) is 23.7 Å². The van der Waals surface area contributed by atoms with E-state index in [1.165, 1.54) is 11.1 Å². The molecule has 0 bridgehead atoms. The van der Waals surface area contributed by atoms with E-state index in [9.17, 15) is 0 Å². The number of nitrogens with zero attached hydrogens (tertiary/aromatic N) is 4. The summed E-state index contributed by atoms with van der Waals surface area (Å²) in [4.78, 5) is 18.4. The van der Waals surface area contributed by atoms with Crippen LogP contribution in [0.4, 0.5) is 0 Å². The first kappa shape index (κ1) is 20.1. The molecule has 0 unspecified atom stereocenters. The highest BCUT2D eigenvalue weighted by atomic mass is 16.5. The van der Waals surface area contributed by atoms with Crippen molar-refractivity contribution in [1.82, 2.24) is 19.9 Å². The molecule has 5 rings (SSSR count). The average molecular weight is 425 g/mol. The molecule has 0 spiro atoms. The zero-order valence-electron chi connectivity index (χ0n) is 18.0. The molecule has 4 aromatic rings. The normalized spacial score (nSPS) is 22.1. The van der Waals surface area contributed by atoms with Gasteiger partial charge >= 0.3 is 0 Å². The quantitative estimate of drug-likeness (QED) is 0.446. The van der Waals surface area contributed by atoms with E-state index >= 15 is 0 Å². The van der Waals surface area contributed by atoms with E-state index in [2.05, 4.69) is 58.5 Å². The Labute approximate surface area is 187 Å². The number of hydrogen-bond acceptors (Lipinski definition) is 6. The second-order valence-electron chi connectivity index (χ2n) is 7.90. The fourth-order valence-corrected chi connectivity index (χ4v) is 4.91. The molecule has 2 aromatic carbocycles. The summed E-state index contributed by atoms with van der Waals surface area (Å²) < 4.78 is 10.8. The van der Waals surface area contributed by atoms with E-state index in [1.807, 2.05) is 24.5 Å². The third-order valence-electron chi connectivity index (χ3n) is 6.28. The molecule has 0 amide bonds. The molecular formula is C26H24N4O2. The predicted molar refractivity (Wildman–Crippen MR) is 121 cm³/mol. The van der Waals surface area contributed by atoms with Gasteiger partial charge in [0.25, 0.3) is 0 Å². The number of methoxy groups -OCH3 is 2. The monoisotopic (exact) mass is 424 g/mol. The van der Waals surface area contributed by atoms with Gasteiger partial charge in [0, 0.05) is 36.1 Å². The molecule has 2 heterocycles. The number of benzene rings is 2. The van der Waals surface area contributed by atoms with Crippen molar-refractivity contribution in [3.63, 3.8) is 0 Å². The van der Waals surface area contributed by atoms with Crippen LogP contribution < -0.4 is 9.47 Å². The molecule has 1 aliphatic carbocycles. The van der Waals surface area contributed by atoms with Crippen molar-refractivity contribution in [1.29, 1.82) is 0 Å². The summed E-state index contributed by atoms with van der Waals surface area (Å²) in [6.07, 6.45) is 6.99. The van der Waals surface area contributed by atoms with Crippen molar-refractivity contribution in [2.75, 3.05) is 14.2 Å². The van der Waals surface area contributed by atoms with Crippen molar-refractivity contribution < 1.29 is 9.47 Å². The minimum atomic E-state index is 0.111. The van der Waals surface area contributed by atoms with Crippen LogP contribution in [0.5, 0.6) is 11.8 Å². The maximum absolute atomic E-state index is 5.38. The lowest BCUT2D eigenvalue weighted by Gasteiger charge is -2.52. The second-order valence-corrected chi connectivity index (χ2v) is 7.90. The Morgan fingerprint density at radius 2 is 0.938 bits per heavy atom. The van der Waals surface area contributed by atoms with Gasteiger partial charge in [-0.1, -0.05) is 60.7 Å². The summed E-state index contributed by atoms with van der Waals surface area (Å²) in [6, 6.07) is 21.1. The van der Waals surface area contributed by atoms with Gasteiger partial charge in [-0.25, -0.2) is 9.97 Å². The Balaban J connectivity index is 1.68. The molecule has 32 heavy (non-hydrogen) atoms. The fourth-order valence-electron chi connectivity index (χ4n) is 4.91. The van der Waals surface area contributed by atoms with Crippen LogP contribution in [-0.2, 0) is 0 Å². The maximum Gasteiger partial charge on any atom is 0.232 e. The Morgan fingerprint density at radius 3 is 1.31 bits per heavy atom. The van der Waals surface area contributed by atoms with E-state index < -0.39 is 0 Å². The lowest BCUT2D eigenvalue weighted by atomic mass is 9.51. The SMILES string of the molecule is COc1cncc([C@H]2[C@H](c3ccccc3)[C@@H](c3cncc(OC)n3)[C@H]2c2ccccc2)n1. The molecular weight excluding hydrogens is 400 g/mol. The third-order valence-corrected chi connectivity index (χ3v) is 6.28. The summed E-state index contributed by atoms with van der Waals surface area (Å²) in [5.74, 6) is 1.57. The summed E-state index contributed by atoms with van der Waals surface area (Å²) in [7, 11) is 3.24. The van der Waals surface area contributed by atoms with Crippen LogP contribution in [0.15, 0.2) is 85.5 Å².